The minimum absolute atomic E-state index is 0.132. The van der Waals surface area contributed by atoms with Gasteiger partial charge in [0, 0.05) is 6.54 Å². The third-order valence-electron chi connectivity index (χ3n) is 3.05. The maximum Gasteiger partial charge on any atom is 0.319 e. The Morgan fingerprint density at radius 3 is 2.45 bits per heavy atom. The zero-order valence-electron chi connectivity index (χ0n) is 12.1. The van der Waals surface area contributed by atoms with Crippen molar-refractivity contribution in [2.45, 2.75) is 31.4 Å². The van der Waals surface area contributed by atoms with E-state index in [2.05, 4.69) is 5.32 Å². The number of carboxylic acids is 1. The van der Waals surface area contributed by atoms with Gasteiger partial charge in [-0.25, -0.2) is 0 Å². The van der Waals surface area contributed by atoms with Gasteiger partial charge in [0.2, 0.25) is 5.91 Å². The minimum Gasteiger partial charge on any atom is -0.480 e. The van der Waals surface area contributed by atoms with Gasteiger partial charge in [0.05, 0.1) is 5.75 Å². The molecule has 1 unspecified atom stereocenters. The number of aliphatic carboxylic acids is 1. The van der Waals surface area contributed by atoms with Crippen LogP contribution in [-0.4, -0.2) is 34.0 Å². The van der Waals surface area contributed by atoms with Crippen LogP contribution in [0.1, 0.15) is 32.3 Å². The predicted octanol–water partition coefficient (Wildman–Crippen LogP) is 2.50. The second-order valence-corrected chi connectivity index (χ2v) is 6.82. The molecular weight excluding hydrogens is 274 g/mol. The number of amides is 1. The number of hydrogen-bond donors (Lipinski definition) is 2. The molecule has 1 rings (SSSR count). The highest BCUT2D eigenvalue weighted by atomic mass is 32.2. The molecule has 4 nitrogen and oxygen atoms in total. The van der Waals surface area contributed by atoms with Crippen LogP contribution < -0.4 is 5.32 Å². The molecular formula is C15H21NO3S. The fourth-order valence-electron chi connectivity index (χ4n) is 1.53. The third kappa shape index (κ3) is 5.25. The van der Waals surface area contributed by atoms with Crippen LogP contribution in [0.3, 0.4) is 0 Å². The molecule has 0 aromatic heterocycles. The van der Waals surface area contributed by atoms with Crippen LogP contribution in [0.5, 0.6) is 0 Å². The number of carboxylic acid groups (broad SMARTS) is 1. The van der Waals surface area contributed by atoms with Gasteiger partial charge in [0.25, 0.3) is 0 Å². The number of hydrogen-bond acceptors (Lipinski definition) is 3. The Morgan fingerprint density at radius 1 is 1.30 bits per heavy atom. The van der Waals surface area contributed by atoms with Crippen molar-refractivity contribution in [2.75, 3.05) is 12.3 Å². The molecule has 2 N–H and O–H groups in total. The number of benzene rings is 1. The molecule has 0 spiro atoms. The number of rotatable bonds is 7. The molecule has 0 aliphatic carbocycles. The fourth-order valence-corrected chi connectivity index (χ4v) is 2.24. The Morgan fingerprint density at radius 2 is 1.90 bits per heavy atom. The Labute approximate surface area is 124 Å². The lowest BCUT2D eigenvalue weighted by atomic mass is 10.0. The lowest BCUT2D eigenvalue weighted by Gasteiger charge is -2.18. The number of carbonyl (C=O) groups is 2. The smallest absolute Gasteiger partial charge is 0.319 e. The van der Waals surface area contributed by atoms with E-state index in [-0.39, 0.29) is 17.6 Å². The predicted molar refractivity (Wildman–Crippen MR) is 82.0 cm³/mol. The van der Waals surface area contributed by atoms with E-state index in [1.165, 1.54) is 5.56 Å². The summed E-state index contributed by atoms with van der Waals surface area (Å²) < 4.78 is -0.942. The molecule has 0 aliphatic heterocycles. The van der Waals surface area contributed by atoms with E-state index < -0.39 is 10.7 Å². The van der Waals surface area contributed by atoms with Gasteiger partial charge in [0.1, 0.15) is 4.75 Å². The molecule has 0 fully saturated rings. The van der Waals surface area contributed by atoms with E-state index in [4.69, 9.17) is 5.11 Å². The average Bonchev–Trinajstić information content (AvgIpc) is 2.43. The summed E-state index contributed by atoms with van der Waals surface area (Å²) in [7, 11) is 0. The Hall–Kier alpha value is -1.49. The summed E-state index contributed by atoms with van der Waals surface area (Å²) in [5.41, 5.74) is 1.17. The molecule has 0 saturated carbocycles. The first-order valence-electron chi connectivity index (χ1n) is 6.52. The second kappa shape index (κ2) is 7.33. The first-order chi connectivity index (χ1) is 9.33. The third-order valence-corrected chi connectivity index (χ3v) is 4.36. The summed E-state index contributed by atoms with van der Waals surface area (Å²) in [6.45, 7) is 5.79. The number of carbonyl (C=O) groups excluding carboxylic acids is 1. The van der Waals surface area contributed by atoms with E-state index >= 15 is 0 Å². The Balaban J connectivity index is 2.35. The van der Waals surface area contributed by atoms with Crippen LogP contribution in [0.15, 0.2) is 30.3 Å². The molecule has 1 amide bonds. The standard InChI is InChI=1S/C15H21NO3S/c1-11(12-7-5-4-6-8-12)9-16-13(17)10-20-15(2,3)14(18)19/h4-8,11H,9-10H2,1-3H3,(H,16,17)(H,18,19). The van der Waals surface area contributed by atoms with E-state index in [9.17, 15) is 9.59 Å². The van der Waals surface area contributed by atoms with Gasteiger partial charge in [-0.1, -0.05) is 37.3 Å². The van der Waals surface area contributed by atoms with Gasteiger partial charge in [-0.2, -0.15) is 0 Å². The van der Waals surface area contributed by atoms with E-state index in [1.807, 2.05) is 37.3 Å². The maximum atomic E-state index is 11.7. The van der Waals surface area contributed by atoms with Crippen molar-refractivity contribution >= 4 is 23.6 Å². The fraction of sp³-hybridized carbons (Fsp3) is 0.467. The summed E-state index contributed by atoms with van der Waals surface area (Å²) in [6.07, 6.45) is 0. The maximum absolute atomic E-state index is 11.7. The highest BCUT2D eigenvalue weighted by Crippen LogP contribution is 2.24. The molecule has 1 aromatic carbocycles. The van der Waals surface area contributed by atoms with Gasteiger partial charge >= 0.3 is 5.97 Å². The highest BCUT2D eigenvalue weighted by Gasteiger charge is 2.28. The normalized spacial score (nSPS) is 12.8. The minimum atomic E-state index is -0.942. The van der Waals surface area contributed by atoms with Crippen LogP contribution >= 0.6 is 11.8 Å². The largest absolute Gasteiger partial charge is 0.480 e. The molecule has 0 heterocycles. The second-order valence-electron chi connectivity index (χ2n) is 5.22. The van der Waals surface area contributed by atoms with Crippen molar-refractivity contribution in [1.82, 2.24) is 5.32 Å². The zero-order chi connectivity index (χ0) is 15.2. The number of thioether (sulfide) groups is 1. The van der Waals surface area contributed by atoms with Gasteiger partial charge in [-0.05, 0) is 25.3 Å². The molecule has 5 heteroatoms. The van der Waals surface area contributed by atoms with Gasteiger partial charge in [0.15, 0.2) is 0 Å². The van der Waals surface area contributed by atoms with Crippen LogP contribution in [-0.2, 0) is 9.59 Å². The van der Waals surface area contributed by atoms with Gasteiger partial charge in [-0.3, -0.25) is 9.59 Å². The zero-order valence-corrected chi connectivity index (χ0v) is 12.9. The van der Waals surface area contributed by atoms with Crippen molar-refractivity contribution in [3.63, 3.8) is 0 Å². The van der Waals surface area contributed by atoms with E-state index in [1.54, 1.807) is 13.8 Å². The monoisotopic (exact) mass is 295 g/mol. The van der Waals surface area contributed by atoms with Crippen molar-refractivity contribution < 1.29 is 14.7 Å². The van der Waals surface area contributed by atoms with Crippen molar-refractivity contribution in [1.29, 1.82) is 0 Å². The van der Waals surface area contributed by atoms with Crippen molar-refractivity contribution in [3.8, 4) is 0 Å². The summed E-state index contributed by atoms with van der Waals surface area (Å²) in [5.74, 6) is -0.654. The molecule has 1 aromatic rings. The lowest BCUT2D eigenvalue weighted by Crippen LogP contribution is -2.33. The first kappa shape index (κ1) is 16.6. The summed E-state index contributed by atoms with van der Waals surface area (Å²) in [6, 6.07) is 9.95. The summed E-state index contributed by atoms with van der Waals surface area (Å²) in [4.78, 5) is 22.7. The molecule has 20 heavy (non-hydrogen) atoms. The van der Waals surface area contributed by atoms with Crippen molar-refractivity contribution in [3.05, 3.63) is 35.9 Å². The molecule has 0 saturated heterocycles. The van der Waals surface area contributed by atoms with Crippen molar-refractivity contribution in [2.24, 2.45) is 0 Å². The topological polar surface area (TPSA) is 66.4 Å². The molecule has 0 aliphatic rings. The van der Waals surface area contributed by atoms with Crippen LogP contribution in [0.2, 0.25) is 0 Å². The molecule has 0 radical (unpaired) electrons. The molecule has 1 atom stereocenters. The molecule has 0 bridgehead atoms. The van der Waals surface area contributed by atoms with E-state index in [0.717, 1.165) is 11.8 Å². The highest BCUT2D eigenvalue weighted by molar-refractivity contribution is 8.01. The van der Waals surface area contributed by atoms with E-state index in [0.29, 0.717) is 6.54 Å². The van der Waals surface area contributed by atoms with Gasteiger partial charge in [-0.15, -0.1) is 11.8 Å². The van der Waals surface area contributed by atoms with Gasteiger partial charge < -0.3 is 10.4 Å². The Kier molecular flexibility index (Phi) is 6.07. The van der Waals surface area contributed by atoms with Crippen LogP contribution in [0.4, 0.5) is 0 Å². The van der Waals surface area contributed by atoms with Crippen LogP contribution in [0, 0.1) is 0 Å². The molecule has 110 valence electrons. The summed E-state index contributed by atoms with van der Waals surface area (Å²) >= 11 is 1.13. The van der Waals surface area contributed by atoms with Crippen LogP contribution in [0.25, 0.3) is 0 Å². The average molecular weight is 295 g/mol. The lowest BCUT2D eigenvalue weighted by molar-refractivity contribution is -0.138. The SMILES string of the molecule is CC(CNC(=O)CSC(C)(C)C(=O)O)c1ccccc1. The first-order valence-corrected chi connectivity index (χ1v) is 7.50. The summed E-state index contributed by atoms with van der Waals surface area (Å²) in [5, 5.41) is 11.8. The Bertz CT molecular complexity index is 459. The number of nitrogens with one attached hydrogen (secondary N) is 1. The quantitative estimate of drug-likeness (QED) is 0.811.